The first kappa shape index (κ1) is 47.2. The van der Waals surface area contributed by atoms with Crippen LogP contribution in [0.1, 0.15) is 78.9 Å². The summed E-state index contributed by atoms with van der Waals surface area (Å²) < 4.78 is 44.2. The molecule has 0 bridgehead atoms. The molecule has 1 N–H and O–H groups in total. The topological polar surface area (TPSA) is 170 Å². The van der Waals surface area contributed by atoms with E-state index in [0.717, 1.165) is 5.56 Å². The van der Waals surface area contributed by atoms with E-state index in [0.29, 0.717) is 35.7 Å². The van der Waals surface area contributed by atoms with Crippen molar-refractivity contribution in [2.24, 2.45) is 28.8 Å². The lowest BCUT2D eigenvalue weighted by Crippen LogP contribution is -2.59. The molecule has 3 saturated heterocycles. The van der Waals surface area contributed by atoms with Gasteiger partial charge in [0.1, 0.15) is 31.7 Å². The van der Waals surface area contributed by atoms with E-state index in [4.69, 9.17) is 54.8 Å². The monoisotopic (exact) mass is 856 g/mol. The van der Waals surface area contributed by atoms with Gasteiger partial charge in [0.2, 0.25) is 0 Å². The molecule has 60 heavy (non-hydrogen) atoms. The molecule has 0 saturated carbocycles. The average molecular weight is 857 g/mol. The van der Waals surface area contributed by atoms with Gasteiger partial charge in [-0.2, -0.15) is 0 Å². The molecule has 16 heteroatoms. The van der Waals surface area contributed by atoms with Crippen LogP contribution in [-0.2, 0) is 49.4 Å². The SMILES string of the molecule is CC[C@H]1OC(=O)[C@H](C)[C@@H](OCC#Cc2cncnc2)[C@H](C)[C@@H](O[C@@H]2OCC[C@H](N(C)C)[C@H]2O)[C@](C)(OC)C[C@@H](C)/C(=N\OCc2ccccc2Cl)[C@H](C)[C@H]2OC(=O)O[C@@]21C. The number of aromatic nitrogens is 2. The molecule has 3 fully saturated rings. The van der Waals surface area contributed by atoms with Gasteiger partial charge in [-0.3, -0.25) is 4.79 Å². The Morgan fingerprint density at radius 2 is 1.78 bits per heavy atom. The van der Waals surface area contributed by atoms with Crippen molar-refractivity contribution in [3.05, 3.63) is 59.1 Å². The summed E-state index contributed by atoms with van der Waals surface area (Å²) in [5.74, 6) is 2.89. The van der Waals surface area contributed by atoms with Gasteiger partial charge in [0.05, 0.1) is 41.6 Å². The van der Waals surface area contributed by atoms with Crippen LogP contribution in [0.15, 0.2) is 48.1 Å². The molecular weight excluding hydrogens is 796 g/mol. The number of oxime groups is 1. The van der Waals surface area contributed by atoms with Crippen LogP contribution in [0.3, 0.4) is 0 Å². The summed E-state index contributed by atoms with van der Waals surface area (Å²) in [4.78, 5) is 43.5. The number of rotatable bonds is 10. The van der Waals surface area contributed by atoms with Crippen LogP contribution >= 0.6 is 11.6 Å². The average Bonchev–Trinajstić information content (AvgIpc) is 3.54. The summed E-state index contributed by atoms with van der Waals surface area (Å²) in [5, 5.41) is 16.9. The normalized spacial score (nSPS) is 36.0. The van der Waals surface area contributed by atoms with Crippen LogP contribution in [0.4, 0.5) is 4.79 Å². The summed E-state index contributed by atoms with van der Waals surface area (Å²) in [7, 11) is 5.39. The fourth-order valence-electron chi connectivity index (χ4n) is 8.89. The Labute approximate surface area is 358 Å². The lowest BCUT2D eigenvalue weighted by Gasteiger charge is -2.47. The van der Waals surface area contributed by atoms with E-state index in [1.54, 1.807) is 39.4 Å². The number of hydrogen-bond donors (Lipinski definition) is 1. The van der Waals surface area contributed by atoms with Crippen molar-refractivity contribution in [2.45, 2.75) is 128 Å². The molecular formula is C44H61ClN4O11. The lowest BCUT2D eigenvalue weighted by atomic mass is 9.73. The number of benzene rings is 1. The van der Waals surface area contributed by atoms with Gasteiger partial charge in [0.25, 0.3) is 0 Å². The highest BCUT2D eigenvalue weighted by atomic mass is 35.5. The van der Waals surface area contributed by atoms with Gasteiger partial charge in [-0.15, -0.1) is 0 Å². The van der Waals surface area contributed by atoms with Crippen LogP contribution in [-0.4, -0.2) is 126 Å². The van der Waals surface area contributed by atoms with E-state index < -0.39 is 83.8 Å². The van der Waals surface area contributed by atoms with Gasteiger partial charge in [-0.05, 0) is 60.2 Å². The number of carbonyl (C=O) groups is 2. The quantitative estimate of drug-likeness (QED) is 0.172. The van der Waals surface area contributed by atoms with Gasteiger partial charge in [0.15, 0.2) is 18.0 Å². The second kappa shape index (κ2) is 20.8. The predicted molar refractivity (Wildman–Crippen MR) is 222 cm³/mol. The number of esters is 1. The number of nitrogens with zero attached hydrogens (tertiary/aromatic N) is 4. The van der Waals surface area contributed by atoms with Gasteiger partial charge >= 0.3 is 12.1 Å². The highest BCUT2D eigenvalue weighted by Crippen LogP contribution is 2.43. The molecule has 0 amide bonds. The number of aliphatic hydroxyl groups excluding tert-OH is 1. The molecule has 0 unspecified atom stereocenters. The lowest BCUT2D eigenvalue weighted by molar-refractivity contribution is -0.289. The Balaban J connectivity index is 1.62. The zero-order valence-corrected chi connectivity index (χ0v) is 37.1. The second-order valence-electron chi connectivity index (χ2n) is 16.7. The molecule has 1 aromatic carbocycles. The summed E-state index contributed by atoms with van der Waals surface area (Å²) in [6.45, 7) is 13.3. The minimum atomic E-state index is -1.41. The summed E-state index contributed by atoms with van der Waals surface area (Å²) in [6.07, 6.45) is -0.777. The number of aliphatic hydroxyl groups is 1. The van der Waals surface area contributed by atoms with Crippen molar-refractivity contribution in [2.75, 3.05) is 34.4 Å². The van der Waals surface area contributed by atoms with E-state index in [2.05, 4.69) is 21.8 Å². The number of halogens is 1. The summed E-state index contributed by atoms with van der Waals surface area (Å²) in [5.41, 5.74) is -0.703. The third-order valence-electron chi connectivity index (χ3n) is 12.2. The first-order chi connectivity index (χ1) is 28.5. The number of fused-ring (bicyclic) bond motifs is 1. The summed E-state index contributed by atoms with van der Waals surface area (Å²) >= 11 is 6.47. The fraction of sp³-hybridized carbons (Fsp3) is 0.659. The highest BCUT2D eigenvalue weighted by molar-refractivity contribution is 6.31. The second-order valence-corrected chi connectivity index (χ2v) is 17.1. The van der Waals surface area contributed by atoms with Crippen LogP contribution < -0.4 is 0 Å². The van der Waals surface area contributed by atoms with Crippen molar-refractivity contribution in [1.29, 1.82) is 0 Å². The van der Waals surface area contributed by atoms with Crippen LogP contribution in [0.2, 0.25) is 5.02 Å². The summed E-state index contributed by atoms with van der Waals surface area (Å²) in [6, 6.07) is 7.07. The number of hydrogen-bond acceptors (Lipinski definition) is 15. The predicted octanol–water partition coefficient (Wildman–Crippen LogP) is 5.83. The Bertz CT molecular complexity index is 1840. The van der Waals surface area contributed by atoms with Gasteiger partial charge < -0.3 is 48.0 Å². The fourth-order valence-corrected chi connectivity index (χ4v) is 9.08. The molecule has 15 nitrogen and oxygen atoms in total. The maximum absolute atomic E-state index is 14.4. The minimum absolute atomic E-state index is 0.0703. The third-order valence-corrected chi connectivity index (χ3v) is 12.6. The molecule has 3 aliphatic rings. The molecule has 5 rings (SSSR count). The Kier molecular flexibility index (Phi) is 16.3. The van der Waals surface area contributed by atoms with Crippen molar-refractivity contribution < 1.29 is 52.7 Å². The Hall–Kier alpha value is -3.88. The Morgan fingerprint density at radius 3 is 2.45 bits per heavy atom. The maximum Gasteiger partial charge on any atom is 0.509 e. The zero-order valence-electron chi connectivity index (χ0n) is 36.3. The molecule has 1 aromatic heterocycles. The molecule has 0 aliphatic carbocycles. The molecule has 13 atom stereocenters. The van der Waals surface area contributed by atoms with E-state index in [-0.39, 0.29) is 25.7 Å². The zero-order chi connectivity index (χ0) is 43.8. The number of carbonyl (C=O) groups excluding carboxylic acids is 2. The number of ether oxygens (including phenoxy) is 7. The van der Waals surface area contributed by atoms with E-state index in [1.165, 1.54) is 6.33 Å². The van der Waals surface area contributed by atoms with Crippen molar-refractivity contribution in [1.82, 2.24) is 14.9 Å². The maximum atomic E-state index is 14.4. The van der Waals surface area contributed by atoms with Crippen LogP contribution in [0.25, 0.3) is 0 Å². The smallest absolute Gasteiger partial charge is 0.458 e. The van der Waals surface area contributed by atoms with Crippen LogP contribution in [0.5, 0.6) is 0 Å². The standard InChI is InChI=1S/C44H61ClN4O11/c1-11-34-44(7)39(59-42(52)60-44)27(3)35(48-56-24-31-16-12-13-17-32(31)45)26(2)21-43(6,53-10)38(58-41-36(50)33(49(8)9)18-20-55-41)28(4)37(29(5)40(51)57-34)54-19-14-15-30-22-46-25-47-23-30/h12-13,16-17,22-23,25-29,33-34,36-39,41,50H,11,18-21,24H2,1-10H3/b48-35+/t26-,27+,28+,29-,33+,34-,36-,37+,38-,39-,41+,43-,44-/m1/s1. The largest absolute Gasteiger partial charge is 0.509 e. The van der Waals surface area contributed by atoms with E-state index in [1.807, 2.05) is 71.8 Å². The number of cyclic esters (lactones) is 1. The highest BCUT2D eigenvalue weighted by Gasteiger charge is 2.59. The van der Waals surface area contributed by atoms with Gasteiger partial charge in [-0.25, -0.2) is 14.8 Å². The molecule has 3 aliphatic heterocycles. The molecule has 0 radical (unpaired) electrons. The molecule has 2 aromatic rings. The van der Waals surface area contributed by atoms with Crippen molar-refractivity contribution in [3.8, 4) is 11.8 Å². The number of methoxy groups -OCH3 is 1. The van der Waals surface area contributed by atoms with Crippen molar-refractivity contribution in [3.63, 3.8) is 0 Å². The molecule has 330 valence electrons. The molecule has 0 spiro atoms. The third kappa shape index (κ3) is 10.8. The van der Waals surface area contributed by atoms with Crippen LogP contribution in [0, 0.1) is 35.5 Å². The number of likely N-dealkylation sites (N-methyl/N-ethyl adjacent to an activating group) is 1. The molecule has 4 heterocycles. The van der Waals surface area contributed by atoms with E-state index >= 15 is 0 Å². The first-order valence-corrected chi connectivity index (χ1v) is 21.0. The van der Waals surface area contributed by atoms with Gasteiger partial charge in [0, 0.05) is 53.9 Å². The minimum Gasteiger partial charge on any atom is -0.458 e. The first-order valence-electron chi connectivity index (χ1n) is 20.6. The Morgan fingerprint density at radius 1 is 1.07 bits per heavy atom. The van der Waals surface area contributed by atoms with Gasteiger partial charge in [-0.1, -0.05) is 74.5 Å². The van der Waals surface area contributed by atoms with Crippen molar-refractivity contribution >= 4 is 29.4 Å². The van der Waals surface area contributed by atoms with E-state index in [9.17, 15) is 14.7 Å².